The van der Waals surface area contributed by atoms with Crippen LogP contribution in [0.2, 0.25) is 0 Å². The Labute approximate surface area is 176 Å². The molecule has 2 N–H and O–H groups in total. The summed E-state index contributed by atoms with van der Waals surface area (Å²) in [6.45, 7) is 7.34. The first-order chi connectivity index (χ1) is 13.7. The van der Waals surface area contributed by atoms with Crippen LogP contribution in [0.15, 0.2) is 0 Å². The van der Waals surface area contributed by atoms with E-state index in [1.54, 1.807) is 0 Å². The second kappa shape index (κ2) is 7.82. The van der Waals surface area contributed by atoms with Crippen LogP contribution in [0, 0.1) is 46.3 Å². The second-order valence-corrected chi connectivity index (χ2v) is 11.6. The lowest BCUT2D eigenvalue weighted by atomic mass is 9.43. The molecular formula is C25H42O4. The predicted octanol–water partition coefficient (Wildman–Crippen LogP) is 5.13. The molecule has 0 saturated heterocycles. The van der Waals surface area contributed by atoms with E-state index in [4.69, 9.17) is 9.84 Å². The van der Waals surface area contributed by atoms with E-state index in [9.17, 15) is 9.90 Å². The van der Waals surface area contributed by atoms with Gasteiger partial charge in [-0.3, -0.25) is 4.79 Å². The van der Waals surface area contributed by atoms with E-state index in [2.05, 4.69) is 20.8 Å². The molecule has 29 heavy (non-hydrogen) atoms. The Kier molecular flexibility index (Phi) is 5.83. The van der Waals surface area contributed by atoms with Gasteiger partial charge in [-0.1, -0.05) is 20.8 Å². The molecule has 0 heterocycles. The van der Waals surface area contributed by atoms with Crippen molar-refractivity contribution in [1.82, 2.24) is 0 Å². The number of aliphatic hydroxyl groups is 1. The molecule has 0 bridgehead atoms. The van der Waals surface area contributed by atoms with Gasteiger partial charge in [-0.2, -0.15) is 0 Å². The highest BCUT2D eigenvalue weighted by Crippen LogP contribution is 2.68. The smallest absolute Gasteiger partial charge is 0.303 e. The van der Waals surface area contributed by atoms with Crippen molar-refractivity contribution in [2.45, 2.75) is 97.2 Å². The van der Waals surface area contributed by atoms with Crippen LogP contribution in [0.3, 0.4) is 0 Å². The summed E-state index contributed by atoms with van der Waals surface area (Å²) in [4.78, 5) is 11.1. The lowest BCUT2D eigenvalue weighted by molar-refractivity contribution is -0.181. The minimum Gasteiger partial charge on any atom is -0.481 e. The summed E-state index contributed by atoms with van der Waals surface area (Å²) in [5, 5.41) is 19.5. The molecule has 4 nitrogen and oxygen atoms in total. The molecule has 4 aliphatic carbocycles. The quantitative estimate of drug-likeness (QED) is 0.664. The Morgan fingerprint density at radius 1 is 1.07 bits per heavy atom. The van der Waals surface area contributed by atoms with Crippen molar-refractivity contribution in [3.63, 3.8) is 0 Å². The molecule has 4 fully saturated rings. The molecule has 0 amide bonds. The van der Waals surface area contributed by atoms with Crippen LogP contribution in [0.4, 0.5) is 0 Å². The first-order valence-electron chi connectivity index (χ1n) is 12.1. The third kappa shape index (κ3) is 3.46. The van der Waals surface area contributed by atoms with Gasteiger partial charge < -0.3 is 14.9 Å². The van der Waals surface area contributed by atoms with Gasteiger partial charge in [-0.15, -0.1) is 0 Å². The standard InChI is InChI=1S/C25H42O4/c1-15(5-8-22(27)28)18-6-7-19-23-20(10-12-25(18,19)3)24(2)11-9-17(26)13-16(24)14-21(23)29-4/h15-21,23,26H,5-14H2,1-4H3,(H,27,28)/t15-,16+,17-,18-,19+,20+,21-,23+,24+,25-/m1/s1. The fourth-order valence-electron chi connectivity index (χ4n) is 8.95. The highest BCUT2D eigenvalue weighted by molar-refractivity contribution is 5.66. The Morgan fingerprint density at radius 2 is 1.76 bits per heavy atom. The van der Waals surface area contributed by atoms with Gasteiger partial charge in [0.2, 0.25) is 0 Å². The van der Waals surface area contributed by atoms with Crippen molar-refractivity contribution >= 4 is 5.97 Å². The molecule has 0 aromatic heterocycles. The largest absolute Gasteiger partial charge is 0.481 e. The number of rotatable bonds is 5. The topological polar surface area (TPSA) is 66.8 Å². The summed E-state index contributed by atoms with van der Waals surface area (Å²) in [5.41, 5.74) is 0.681. The maximum Gasteiger partial charge on any atom is 0.303 e. The van der Waals surface area contributed by atoms with Crippen molar-refractivity contribution < 1.29 is 19.7 Å². The SMILES string of the molecule is CO[C@@H]1C[C@@H]2C[C@H](O)CC[C@]2(C)[C@H]2CC[C@]3(C)[C@@H]([C@H](C)CCC(=O)O)CC[C@H]3[C@H]12. The van der Waals surface area contributed by atoms with Gasteiger partial charge in [0.05, 0.1) is 12.2 Å². The Hall–Kier alpha value is -0.610. The molecule has 4 heteroatoms. The molecule has 0 spiro atoms. The highest BCUT2D eigenvalue weighted by Gasteiger charge is 2.63. The minimum absolute atomic E-state index is 0.123. The van der Waals surface area contributed by atoms with Gasteiger partial charge in [0, 0.05) is 13.5 Å². The lowest BCUT2D eigenvalue weighted by Crippen LogP contribution is -2.59. The number of hydrogen-bond acceptors (Lipinski definition) is 3. The molecule has 166 valence electrons. The summed E-state index contributed by atoms with van der Waals surface area (Å²) in [7, 11) is 1.90. The van der Waals surface area contributed by atoms with E-state index in [1.807, 2.05) is 7.11 Å². The number of aliphatic hydroxyl groups excluding tert-OH is 1. The van der Waals surface area contributed by atoms with Crippen LogP contribution < -0.4 is 0 Å². The molecule has 10 atom stereocenters. The van der Waals surface area contributed by atoms with Crippen molar-refractivity contribution in [2.24, 2.45) is 46.3 Å². The first kappa shape index (κ1) is 21.6. The van der Waals surface area contributed by atoms with E-state index in [-0.39, 0.29) is 6.10 Å². The number of aliphatic carboxylic acids is 1. The van der Waals surface area contributed by atoms with E-state index >= 15 is 0 Å². The third-order valence-corrected chi connectivity index (χ3v) is 10.5. The number of carbonyl (C=O) groups is 1. The molecular weight excluding hydrogens is 364 g/mol. The van der Waals surface area contributed by atoms with Gasteiger partial charge in [0.15, 0.2) is 0 Å². The van der Waals surface area contributed by atoms with Crippen LogP contribution in [0.1, 0.15) is 85.0 Å². The molecule has 0 aromatic carbocycles. The molecule has 4 saturated carbocycles. The van der Waals surface area contributed by atoms with Crippen LogP contribution in [0.25, 0.3) is 0 Å². The fraction of sp³-hybridized carbons (Fsp3) is 0.960. The zero-order valence-electron chi connectivity index (χ0n) is 18.9. The number of ether oxygens (including phenoxy) is 1. The van der Waals surface area contributed by atoms with E-state index < -0.39 is 5.97 Å². The van der Waals surface area contributed by atoms with Crippen LogP contribution in [0.5, 0.6) is 0 Å². The molecule has 4 rings (SSSR count). The van der Waals surface area contributed by atoms with Gasteiger partial charge in [0.25, 0.3) is 0 Å². The minimum atomic E-state index is -0.662. The Bertz CT molecular complexity index is 620. The second-order valence-electron chi connectivity index (χ2n) is 11.6. The Morgan fingerprint density at radius 3 is 2.45 bits per heavy atom. The zero-order valence-corrected chi connectivity index (χ0v) is 18.9. The first-order valence-corrected chi connectivity index (χ1v) is 12.1. The average Bonchev–Trinajstić information content (AvgIpc) is 3.03. The van der Waals surface area contributed by atoms with Gasteiger partial charge in [-0.25, -0.2) is 0 Å². The number of hydrogen-bond donors (Lipinski definition) is 2. The van der Waals surface area contributed by atoms with Crippen molar-refractivity contribution in [3.05, 3.63) is 0 Å². The summed E-state index contributed by atoms with van der Waals surface area (Å²) in [6.07, 6.45) is 10.6. The summed E-state index contributed by atoms with van der Waals surface area (Å²) in [6, 6.07) is 0. The molecule has 0 radical (unpaired) electrons. The van der Waals surface area contributed by atoms with Crippen LogP contribution in [-0.2, 0) is 9.53 Å². The molecule has 0 unspecified atom stereocenters. The molecule has 4 aliphatic rings. The maximum absolute atomic E-state index is 11.1. The number of carboxylic acid groups (broad SMARTS) is 1. The molecule has 0 aliphatic heterocycles. The lowest BCUT2D eigenvalue weighted by Gasteiger charge is -2.63. The monoisotopic (exact) mass is 406 g/mol. The maximum atomic E-state index is 11.1. The average molecular weight is 407 g/mol. The van der Waals surface area contributed by atoms with Gasteiger partial charge in [0.1, 0.15) is 0 Å². The van der Waals surface area contributed by atoms with E-state index in [0.717, 1.165) is 32.1 Å². The van der Waals surface area contributed by atoms with Crippen molar-refractivity contribution in [2.75, 3.05) is 7.11 Å². The van der Waals surface area contributed by atoms with Crippen LogP contribution >= 0.6 is 0 Å². The highest BCUT2D eigenvalue weighted by atomic mass is 16.5. The normalized spacial score (nSPS) is 50.3. The van der Waals surface area contributed by atoms with Crippen molar-refractivity contribution in [3.8, 4) is 0 Å². The summed E-state index contributed by atoms with van der Waals surface area (Å²) in [5.74, 6) is 3.10. The third-order valence-electron chi connectivity index (χ3n) is 10.5. The van der Waals surface area contributed by atoms with Crippen LogP contribution in [-0.4, -0.2) is 35.5 Å². The zero-order chi connectivity index (χ0) is 21.0. The number of carboxylic acids is 1. The van der Waals surface area contributed by atoms with Gasteiger partial charge >= 0.3 is 5.97 Å². The number of fused-ring (bicyclic) bond motifs is 5. The van der Waals surface area contributed by atoms with Crippen molar-refractivity contribution in [1.29, 1.82) is 0 Å². The van der Waals surface area contributed by atoms with E-state index in [1.165, 1.54) is 25.7 Å². The molecule has 0 aromatic rings. The fourth-order valence-corrected chi connectivity index (χ4v) is 8.95. The Balaban J connectivity index is 1.58. The van der Waals surface area contributed by atoms with Gasteiger partial charge in [-0.05, 0) is 104 Å². The summed E-state index contributed by atoms with van der Waals surface area (Å²) >= 11 is 0. The number of methoxy groups -OCH3 is 1. The summed E-state index contributed by atoms with van der Waals surface area (Å²) < 4.78 is 6.16. The predicted molar refractivity (Wildman–Crippen MR) is 113 cm³/mol. The van der Waals surface area contributed by atoms with E-state index in [0.29, 0.717) is 58.9 Å².